The Hall–Kier alpha value is -1.65. The van der Waals surface area contributed by atoms with E-state index in [1.54, 1.807) is 6.08 Å². The van der Waals surface area contributed by atoms with Crippen LogP contribution in [0.25, 0.3) is 0 Å². The van der Waals surface area contributed by atoms with Gasteiger partial charge in [0.25, 0.3) is 0 Å². The summed E-state index contributed by atoms with van der Waals surface area (Å²) >= 11 is 0. The molecule has 0 spiro atoms. The molecule has 0 saturated heterocycles. The maximum absolute atomic E-state index is 12.1. The second-order valence-electron chi connectivity index (χ2n) is 4.58. The predicted molar refractivity (Wildman–Crippen MR) is 72.0 cm³/mol. The molecule has 5 nitrogen and oxygen atoms in total. The number of ether oxygens (including phenoxy) is 2. The molecule has 0 aromatic rings. The molecule has 1 aliphatic heterocycles. The molecule has 1 aliphatic rings. The van der Waals surface area contributed by atoms with Gasteiger partial charge in [0.1, 0.15) is 0 Å². The lowest BCUT2D eigenvalue weighted by Crippen LogP contribution is -2.46. The van der Waals surface area contributed by atoms with Crippen molar-refractivity contribution < 1.29 is 19.1 Å². The number of hydrogen-bond donors (Lipinski definition) is 0. The van der Waals surface area contributed by atoms with Crippen LogP contribution in [-0.4, -0.2) is 37.9 Å². The number of carbonyl (C=O) groups excluding carboxylic acids is 2. The van der Waals surface area contributed by atoms with Crippen molar-refractivity contribution in [1.82, 2.24) is 0 Å². The smallest absolute Gasteiger partial charge is 0.329 e. The molecule has 0 aromatic heterocycles. The molecule has 0 radical (unpaired) electrons. The standard InChI is InChI=1S/C14H21NO4/c1-5-7-8-11-14(12(16)18-3,13(17)19-4)9-10(6-2)15-11/h6,10H,2,5,7-9H2,1,3-4H3. The number of carbonyl (C=O) groups is 2. The lowest BCUT2D eigenvalue weighted by molar-refractivity contribution is -0.163. The summed E-state index contributed by atoms with van der Waals surface area (Å²) in [4.78, 5) is 28.7. The van der Waals surface area contributed by atoms with Crippen LogP contribution in [0.2, 0.25) is 0 Å². The highest BCUT2D eigenvalue weighted by atomic mass is 16.5. The van der Waals surface area contributed by atoms with Crippen LogP contribution >= 0.6 is 0 Å². The first-order valence-electron chi connectivity index (χ1n) is 6.43. The maximum Gasteiger partial charge on any atom is 0.329 e. The molecule has 5 heteroatoms. The summed E-state index contributed by atoms with van der Waals surface area (Å²) in [5, 5.41) is 0. The van der Waals surface area contributed by atoms with E-state index in [4.69, 9.17) is 9.47 Å². The summed E-state index contributed by atoms with van der Waals surface area (Å²) in [5.41, 5.74) is -0.838. The van der Waals surface area contributed by atoms with Crippen molar-refractivity contribution in [2.75, 3.05) is 14.2 Å². The van der Waals surface area contributed by atoms with Gasteiger partial charge in [-0.3, -0.25) is 14.6 Å². The monoisotopic (exact) mass is 267 g/mol. The Bertz CT molecular complexity index is 384. The van der Waals surface area contributed by atoms with Gasteiger partial charge in [-0.1, -0.05) is 19.4 Å². The van der Waals surface area contributed by atoms with Gasteiger partial charge < -0.3 is 9.47 Å². The van der Waals surface area contributed by atoms with Crippen molar-refractivity contribution in [3.63, 3.8) is 0 Å². The Morgan fingerprint density at radius 2 is 2.00 bits per heavy atom. The Kier molecular flexibility index (Phi) is 5.27. The Morgan fingerprint density at radius 3 is 2.42 bits per heavy atom. The van der Waals surface area contributed by atoms with Crippen LogP contribution in [0.15, 0.2) is 17.6 Å². The van der Waals surface area contributed by atoms with Gasteiger partial charge in [-0.25, -0.2) is 0 Å². The minimum atomic E-state index is -1.39. The number of unbranched alkanes of at least 4 members (excludes halogenated alkanes) is 1. The molecular formula is C14H21NO4. The molecule has 1 heterocycles. The van der Waals surface area contributed by atoms with Gasteiger partial charge in [0.15, 0.2) is 0 Å². The van der Waals surface area contributed by atoms with Crippen molar-refractivity contribution in [3.05, 3.63) is 12.7 Å². The van der Waals surface area contributed by atoms with E-state index < -0.39 is 17.4 Å². The van der Waals surface area contributed by atoms with Crippen LogP contribution in [0.3, 0.4) is 0 Å². The predicted octanol–water partition coefficient (Wildman–Crippen LogP) is 1.91. The van der Waals surface area contributed by atoms with E-state index in [1.807, 2.05) is 6.92 Å². The molecule has 0 amide bonds. The number of esters is 2. The van der Waals surface area contributed by atoms with Crippen molar-refractivity contribution >= 4 is 17.7 Å². The zero-order valence-corrected chi connectivity index (χ0v) is 11.8. The summed E-state index contributed by atoms with van der Waals surface area (Å²) < 4.78 is 9.62. The molecular weight excluding hydrogens is 246 g/mol. The van der Waals surface area contributed by atoms with Gasteiger partial charge in [-0.05, 0) is 12.8 Å². The quantitative estimate of drug-likeness (QED) is 0.419. The molecule has 106 valence electrons. The molecule has 0 fully saturated rings. The molecule has 0 N–H and O–H groups in total. The Morgan fingerprint density at radius 1 is 1.42 bits per heavy atom. The van der Waals surface area contributed by atoms with Gasteiger partial charge in [-0.15, -0.1) is 6.58 Å². The highest BCUT2D eigenvalue weighted by Gasteiger charge is 2.56. The van der Waals surface area contributed by atoms with Crippen LogP contribution in [0.1, 0.15) is 32.6 Å². The van der Waals surface area contributed by atoms with E-state index in [0.29, 0.717) is 12.1 Å². The van der Waals surface area contributed by atoms with Gasteiger partial charge in [0, 0.05) is 12.1 Å². The highest BCUT2D eigenvalue weighted by Crippen LogP contribution is 2.38. The first kappa shape index (κ1) is 15.4. The molecule has 1 rings (SSSR count). The van der Waals surface area contributed by atoms with E-state index in [2.05, 4.69) is 11.6 Å². The normalized spacial score (nSPS) is 20.6. The summed E-state index contributed by atoms with van der Waals surface area (Å²) in [7, 11) is 2.54. The second kappa shape index (κ2) is 6.50. The molecule has 0 bridgehead atoms. The highest BCUT2D eigenvalue weighted by molar-refractivity contribution is 6.23. The summed E-state index contributed by atoms with van der Waals surface area (Å²) in [6.45, 7) is 5.72. The van der Waals surface area contributed by atoms with E-state index in [1.165, 1.54) is 14.2 Å². The average Bonchev–Trinajstić information content (AvgIpc) is 2.83. The summed E-state index contributed by atoms with van der Waals surface area (Å²) in [5.74, 6) is -1.20. The molecule has 1 unspecified atom stereocenters. The molecule has 0 saturated carbocycles. The van der Waals surface area contributed by atoms with E-state index >= 15 is 0 Å². The summed E-state index contributed by atoms with van der Waals surface area (Å²) in [6, 6.07) is -0.245. The van der Waals surface area contributed by atoms with Gasteiger partial charge in [0.2, 0.25) is 5.41 Å². The fraction of sp³-hybridized carbons (Fsp3) is 0.643. The number of hydrogen-bond acceptors (Lipinski definition) is 5. The fourth-order valence-corrected chi connectivity index (χ4v) is 2.38. The zero-order chi connectivity index (χ0) is 14.5. The molecule has 0 aliphatic carbocycles. The van der Waals surface area contributed by atoms with E-state index in [-0.39, 0.29) is 12.5 Å². The van der Waals surface area contributed by atoms with Crippen LogP contribution in [0.5, 0.6) is 0 Å². The number of methoxy groups -OCH3 is 2. The largest absolute Gasteiger partial charge is 0.468 e. The average molecular weight is 267 g/mol. The van der Waals surface area contributed by atoms with Gasteiger partial charge >= 0.3 is 11.9 Å². The lowest BCUT2D eigenvalue weighted by Gasteiger charge is -2.25. The summed E-state index contributed by atoms with van der Waals surface area (Å²) in [6.07, 6.45) is 4.29. The van der Waals surface area contributed by atoms with E-state index in [9.17, 15) is 9.59 Å². The van der Waals surface area contributed by atoms with Gasteiger partial charge in [-0.2, -0.15) is 0 Å². The number of aliphatic imine (C=N–C) groups is 1. The number of nitrogens with zero attached hydrogens (tertiary/aromatic N) is 1. The van der Waals surface area contributed by atoms with Crippen LogP contribution in [0.4, 0.5) is 0 Å². The third-order valence-corrected chi connectivity index (χ3v) is 3.44. The third-order valence-electron chi connectivity index (χ3n) is 3.44. The lowest BCUT2D eigenvalue weighted by atomic mass is 9.78. The van der Waals surface area contributed by atoms with Crippen molar-refractivity contribution in [2.45, 2.75) is 38.6 Å². The Labute approximate surface area is 113 Å². The fourth-order valence-electron chi connectivity index (χ4n) is 2.38. The second-order valence-corrected chi connectivity index (χ2v) is 4.58. The SMILES string of the molecule is C=CC1CC(C(=O)OC)(C(=O)OC)C(CCCC)=N1. The van der Waals surface area contributed by atoms with Crippen LogP contribution < -0.4 is 0 Å². The first-order valence-corrected chi connectivity index (χ1v) is 6.43. The van der Waals surface area contributed by atoms with Gasteiger partial charge in [0.05, 0.1) is 20.3 Å². The van der Waals surface area contributed by atoms with Crippen molar-refractivity contribution in [1.29, 1.82) is 0 Å². The molecule has 0 aromatic carbocycles. The van der Waals surface area contributed by atoms with E-state index in [0.717, 1.165) is 12.8 Å². The minimum Gasteiger partial charge on any atom is -0.468 e. The maximum atomic E-state index is 12.1. The molecule has 1 atom stereocenters. The third kappa shape index (κ3) is 2.69. The van der Waals surface area contributed by atoms with Crippen molar-refractivity contribution in [2.24, 2.45) is 10.4 Å². The number of rotatable bonds is 6. The topological polar surface area (TPSA) is 65.0 Å². The van der Waals surface area contributed by atoms with Crippen LogP contribution in [-0.2, 0) is 19.1 Å². The first-order chi connectivity index (χ1) is 9.06. The zero-order valence-electron chi connectivity index (χ0n) is 11.8. The van der Waals surface area contributed by atoms with Crippen molar-refractivity contribution in [3.8, 4) is 0 Å². The minimum absolute atomic E-state index is 0.245. The van der Waals surface area contributed by atoms with Crippen LogP contribution in [0, 0.1) is 5.41 Å². The molecule has 19 heavy (non-hydrogen) atoms. The Balaban J connectivity index is 3.19.